The molecule has 9 aromatic carbocycles. The smallest absolute Gasteiger partial charge is 0.0455 e. The van der Waals surface area contributed by atoms with Crippen molar-refractivity contribution in [3.63, 3.8) is 0 Å². The van der Waals surface area contributed by atoms with E-state index in [0.717, 1.165) is 0 Å². The van der Waals surface area contributed by atoms with Gasteiger partial charge in [-0.25, -0.2) is 0 Å². The summed E-state index contributed by atoms with van der Waals surface area (Å²) in [6.45, 7) is 9.49. The first-order chi connectivity index (χ1) is 27.2. The molecule has 0 unspecified atom stereocenters. The minimum atomic E-state index is -0.110. The van der Waals surface area contributed by atoms with E-state index >= 15 is 0 Å². The molecule has 56 heavy (non-hydrogen) atoms. The SMILES string of the molecule is CN1c2ccccc2C(C)(C)c2ccc(-c3c4ccccc4c(-c4ccc5c(c4)C(C)(C)c4ccccc4-5)c4cc(-c5ccc6ccccc6c5)ccc34)cc21. The van der Waals surface area contributed by atoms with Gasteiger partial charge in [-0.2, -0.15) is 0 Å². The van der Waals surface area contributed by atoms with Gasteiger partial charge in [-0.3, -0.25) is 0 Å². The van der Waals surface area contributed by atoms with Crippen LogP contribution in [0.3, 0.4) is 0 Å². The molecule has 11 rings (SSSR count). The van der Waals surface area contributed by atoms with Crippen molar-refractivity contribution >= 4 is 43.7 Å². The summed E-state index contributed by atoms with van der Waals surface area (Å²) >= 11 is 0. The Morgan fingerprint density at radius 1 is 0.339 bits per heavy atom. The van der Waals surface area contributed by atoms with Crippen molar-refractivity contribution in [1.29, 1.82) is 0 Å². The largest absolute Gasteiger partial charge is 0.344 e. The molecule has 268 valence electrons. The number of benzene rings is 9. The third-order valence-corrected chi connectivity index (χ3v) is 13.2. The highest BCUT2D eigenvalue weighted by Crippen LogP contribution is 2.53. The molecule has 1 nitrogen and oxygen atoms in total. The minimum absolute atomic E-state index is 0.0920. The molecule has 0 amide bonds. The summed E-state index contributed by atoms with van der Waals surface area (Å²) in [5, 5.41) is 7.60. The monoisotopic (exact) mass is 717 g/mol. The maximum atomic E-state index is 2.49. The normalized spacial score (nSPS) is 14.8. The molecule has 0 spiro atoms. The van der Waals surface area contributed by atoms with E-state index in [4.69, 9.17) is 0 Å². The van der Waals surface area contributed by atoms with E-state index in [-0.39, 0.29) is 10.8 Å². The highest BCUT2D eigenvalue weighted by molar-refractivity contribution is 6.22. The van der Waals surface area contributed by atoms with Crippen molar-refractivity contribution in [2.24, 2.45) is 0 Å². The predicted octanol–water partition coefficient (Wildman–Crippen LogP) is 14.9. The molecule has 1 aliphatic carbocycles. The molecule has 9 aromatic rings. The Morgan fingerprint density at radius 2 is 0.875 bits per heavy atom. The third kappa shape index (κ3) is 4.61. The van der Waals surface area contributed by atoms with Crippen molar-refractivity contribution in [3.05, 3.63) is 192 Å². The lowest BCUT2D eigenvalue weighted by Crippen LogP contribution is -2.30. The topological polar surface area (TPSA) is 3.24 Å². The summed E-state index contributed by atoms with van der Waals surface area (Å²) in [5.74, 6) is 0. The van der Waals surface area contributed by atoms with Crippen LogP contribution in [0, 0.1) is 0 Å². The molecular weight excluding hydrogens is 675 g/mol. The Morgan fingerprint density at radius 3 is 1.70 bits per heavy atom. The van der Waals surface area contributed by atoms with E-state index in [1.807, 2.05) is 0 Å². The summed E-state index contributed by atoms with van der Waals surface area (Å²) < 4.78 is 0. The van der Waals surface area contributed by atoms with Crippen LogP contribution >= 0.6 is 0 Å². The Balaban J connectivity index is 1.20. The van der Waals surface area contributed by atoms with Crippen LogP contribution in [0.2, 0.25) is 0 Å². The fourth-order valence-corrected chi connectivity index (χ4v) is 10.3. The van der Waals surface area contributed by atoms with Crippen molar-refractivity contribution in [3.8, 4) is 44.5 Å². The molecule has 1 aliphatic heterocycles. The molecule has 1 heteroatoms. The Hall–Kier alpha value is -6.44. The maximum absolute atomic E-state index is 2.49. The van der Waals surface area contributed by atoms with Gasteiger partial charge in [-0.1, -0.05) is 167 Å². The van der Waals surface area contributed by atoms with Crippen molar-refractivity contribution in [2.45, 2.75) is 38.5 Å². The van der Waals surface area contributed by atoms with Crippen LogP contribution in [0.15, 0.2) is 170 Å². The standard InChI is InChI=1S/C55H43N/c1-54(2)46-19-11-10-16-40(46)41-27-25-38(32-49(41)54)53-43-18-9-8-17-42(43)52(39-26-29-48-51(33-39)56(5)50-21-13-12-20-47(50)55(48,3)4)44-28-24-37(31-45(44)53)36-23-22-34-14-6-7-15-35(34)30-36/h6-33H,1-5H3. The first-order valence-corrected chi connectivity index (χ1v) is 19.9. The summed E-state index contributed by atoms with van der Waals surface area (Å²) in [6, 6.07) is 64.1. The lowest BCUT2D eigenvalue weighted by molar-refractivity contribution is 0.629. The third-order valence-electron chi connectivity index (χ3n) is 13.2. The molecule has 2 aliphatic rings. The molecule has 0 saturated heterocycles. The fraction of sp³-hybridized carbons (Fsp3) is 0.127. The molecule has 1 heterocycles. The van der Waals surface area contributed by atoms with Gasteiger partial charge in [0, 0.05) is 29.3 Å². The Bertz CT molecular complexity index is 3100. The van der Waals surface area contributed by atoms with Gasteiger partial charge in [0.2, 0.25) is 0 Å². The number of hydrogen-bond donors (Lipinski definition) is 0. The number of fused-ring (bicyclic) bond motifs is 8. The second kappa shape index (κ2) is 11.8. The van der Waals surface area contributed by atoms with Gasteiger partial charge in [0.15, 0.2) is 0 Å². The van der Waals surface area contributed by atoms with Gasteiger partial charge in [0.25, 0.3) is 0 Å². The summed E-state index contributed by atoms with van der Waals surface area (Å²) in [6.07, 6.45) is 0. The number of hydrogen-bond acceptors (Lipinski definition) is 1. The first-order valence-electron chi connectivity index (χ1n) is 19.9. The van der Waals surface area contributed by atoms with Gasteiger partial charge < -0.3 is 4.90 Å². The molecule has 0 aromatic heterocycles. The average Bonchev–Trinajstić information content (AvgIpc) is 3.46. The number of para-hydroxylation sites is 1. The zero-order chi connectivity index (χ0) is 37.9. The van der Waals surface area contributed by atoms with Crippen molar-refractivity contribution in [2.75, 3.05) is 11.9 Å². The molecule has 0 saturated carbocycles. The highest BCUT2D eigenvalue weighted by Gasteiger charge is 2.37. The van der Waals surface area contributed by atoms with Crippen LogP contribution in [-0.2, 0) is 10.8 Å². The highest BCUT2D eigenvalue weighted by atomic mass is 15.1. The Kier molecular flexibility index (Phi) is 6.93. The van der Waals surface area contributed by atoms with E-state index < -0.39 is 0 Å². The first kappa shape index (κ1) is 32.9. The second-order valence-corrected chi connectivity index (χ2v) is 17.0. The predicted molar refractivity (Wildman–Crippen MR) is 239 cm³/mol. The van der Waals surface area contributed by atoms with E-state index in [1.54, 1.807) is 0 Å². The average molecular weight is 718 g/mol. The van der Waals surface area contributed by atoms with Gasteiger partial charge in [-0.15, -0.1) is 0 Å². The number of anilines is 2. The van der Waals surface area contributed by atoms with Crippen molar-refractivity contribution in [1.82, 2.24) is 0 Å². The van der Waals surface area contributed by atoms with Gasteiger partial charge in [0.1, 0.15) is 0 Å². The Labute approximate surface area is 329 Å². The lowest BCUT2D eigenvalue weighted by atomic mass is 9.73. The van der Waals surface area contributed by atoms with Gasteiger partial charge in [0.05, 0.1) is 0 Å². The second-order valence-electron chi connectivity index (χ2n) is 17.0. The van der Waals surface area contributed by atoms with Gasteiger partial charge >= 0.3 is 0 Å². The van der Waals surface area contributed by atoms with E-state index in [0.29, 0.717) is 0 Å². The van der Waals surface area contributed by atoms with Crippen LogP contribution in [0.1, 0.15) is 49.9 Å². The zero-order valence-corrected chi connectivity index (χ0v) is 32.6. The fourth-order valence-electron chi connectivity index (χ4n) is 10.3. The van der Waals surface area contributed by atoms with E-state index in [9.17, 15) is 0 Å². The number of rotatable bonds is 3. The van der Waals surface area contributed by atoms with Crippen LogP contribution in [0.4, 0.5) is 11.4 Å². The van der Waals surface area contributed by atoms with Gasteiger partial charge in [-0.05, 0) is 129 Å². The van der Waals surface area contributed by atoms with Crippen LogP contribution in [0.25, 0.3) is 76.8 Å². The minimum Gasteiger partial charge on any atom is -0.344 e. The van der Waals surface area contributed by atoms with E-state index in [1.165, 1.54) is 110 Å². The molecular formula is C55H43N. The van der Waals surface area contributed by atoms with Crippen LogP contribution in [0.5, 0.6) is 0 Å². The van der Waals surface area contributed by atoms with Crippen LogP contribution in [-0.4, -0.2) is 7.05 Å². The maximum Gasteiger partial charge on any atom is 0.0455 e. The van der Waals surface area contributed by atoms with Crippen molar-refractivity contribution < 1.29 is 0 Å². The molecule has 0 N–H and O–H groups in total. The zero-order valence-electron chi connectivity index (χ0n) is 32.6. The summed E-state index contributed by atoms with van der Waals surface area (Å²) in [4.78, 5) is 2.39. The number of nitrogens with zero attached hydrogens (tertiary/aromatic N) is 1. The molecule has 0 radical (unpaired) electrons. The summed E-state index contributed by atoms with van der Waals surface area (Å²) in [5.41, 5.74) is 18.1. The molecule has 0 fully saturated rings. The lowest BCUT2D eigenvalue weighted by Gasteiger charge is -2.40. The summed E-state index contributed by atoms with van der Waals surface area (Å²) in [7, 11) is 2.22. The van der Waals surface area contributed by atoms with Crippen LogP contribution < -0.4 is 4.90 Å². The quantitative estimate of drug-likeness (QED) is 0.165. The van der Waals surface area contributed by atoms with E-state index in [2.05, 4.69) is 210 Å². The molecule has 0 bridgehead atoms. The molecule has 0 atom stereocenters.